The van der Waals surface area contributed by atoms with Crippen LogP contribution in [-0.4, -0.2) is 21.5 Å². The SMILES string of the molecule is CC[C@H](N)C(=O)Nc1nccn1Cc1ccccc1. The van der Waals surface area contributed by atoms with Crippen LogP contribution in [0, 0.1) is 0 Å². The fourth-order valence-electron chi connectivity index (χ4n) is 1.73. The number of hydrogen-bond donors (Lipinski definition) is 2. The summed E-state index contributed by atoms with van der Waals surface area (Å²) in [4.78, 5) is 15.9. The molecule has 5 heteroatoms. The normalized spacial score (nSPS) is 12.1. The van der Waals surface area contributed by atoms with Crippen LogP contribution < -0.4 is 11.1 Å². The summed E-state index contributed by atoms with van der Waals surface area (Å²) < 4.78 is 1.88. The van der Waals surface area contributed by atoms with E-state index in [0.29, 0.717) is 18.9 Å². The minimum absolute atomic E-state index is 0.206. The van der Waals surface area contributed by atoms with E-state index in [-0.39, 0.29) is 5.91 Å². The lowest BCUT2D eigenvalue weighted by Crippen LogP contribution is -2.35. The summed E-state index contributed by atoms with van der Waals surface area (Å²) in [6, 6.07) is 9.50. The van der Waals surface area contributed by atoms with Crippen LogP contribution in [0.15, 0.2) is 42.7 Å². The lowest BCUT2D eigenvalue weighted by Gasteiger charge is -2.11. The first-order valence-corrected chi connectivity index (χ1v) is 6.32. The lowest BCUT2D eigenvalue weighted by atomic mass is 10.2. The van der Waals surface area contributed by atoms with Gasteiger partial charge in [0.25, 0.3) is 0 Å². The molecule has 5 nitrogen and oxygen atoms in total. The number of nitrogens with one attached hydrogen (secondary N) is 1. The summed E-state index contributed by atoms with van der Waals surface area (Å²) in [6.45, 7) is 2.54. The number of benzene rings is 1. The van der Waals surface area contributed by atoms with Gasteiger partial charge in [0.2, 0.25) is 11.9 Å². The molecule has 1 heterocycles. The van der Waals surface area contributed by atoms with Gasteiger partial charge in [0.1, 0.15) is 0 Å². The third kappa shape index (κ3) is 3.42. The number of rotatable bonds is 5. The summed E-state index contributed by atoms with van der Waals surface area (Å²) in [6.07, 6.45) is 4.10. The van der Waals surface area contributed by atoms with Crippen molar-refractivity contribution >= 4 is 11.9 Å². The van der Waals surface area contributed by atoms with Gasteiger partial charge >= 0.3 is 0 Å². The molecule has 0 radical (unpaired) electrons. The van der Waals surface area contributed by atoms with Crippen molar-refractivity contribution in [3.63, 3.8) is 0 Å². The quantitative estimate of drug-likeness (QED) is 0.855. The fraction of sp³-hybridized carbons (Fsp3) is 0.286. The number of hydrogen-bond acceptors (Lipinski definition) is 3. The average Bonchev–Trinajstić information content (AvgIpc) is 2.86. The minimum Gasteiger partial charge on any atom is -0.320 e. The van der Waals surface area contributed by atoms with Crippen molar-refractivity contribution in [2.24, 2.45) is 5.73 Å². The van der Waals surface area contributed by atoms with Gasteiger partial charge in [-0.05, 0) is 12.0 Å². The Balaban J connectivity index is 2.08. The van der Waals surface area contributed by atoms with E-state index >= 15 is 0 Å². The van der Waals surface area contributed by atoms with Crippen LogP contribution in [0.1, 0.15) is 18.9 Å². The summed E-state index contributed by atoms with van der Waals surface area (Å²) in [5.74, 6) is 0.320. The number of anilines is 1. The molecule has 1 aromatic carbocycles. The maximum Gasteiger partial charge on any atom is 0.243 e. The van der Waals surface area contributed by atoms with Crippen LogP contribution in [0.2, 0.25) is 0 Å². The first-order chi connectivity index (χ1) is 9.20. The van der Waals surface area contributed by atoms with Crippen LogP contribution in [0.5, 0.6) is 0 Å². The van der Waals surface area contributed by atoms with Crippen molar-refractivity contribution in [3.05, 3.63) is 48.3 Å². The van der Waals surface area contributed by atoms with Crippen molar-refractivity contribution in [2.75, 3.05) is 5.32 Å². The first-order valence-electron chi connectivity index (χ1n) is 6.32. The predicted octanol–water partition coefficient (Wildman–Crippen LogP) is 1.61. The summed E-state index contributed by atoms with van der Waals surface area (Å²) in [7, 11) is 0. The number of amides is 1. The molecule has 2 rings (SSSR count). The van der Waals surface area contributed by atoms with Crippen molar-refractivity contribution in [1.29, 1.82) is 0 Å². The zero-order chi connectivity index (χ0) is 13.7. The van der Waals surface area contributed by atoms with E-state index < -0.39 is 6.04 Å². The number of carbonyl (C=O) groups excluding carboxylic acids is 1. The highest BCUT2D eigenvalue weighted by Gasteiger charge is 2.13. The van der Waals surface area contributed by atoms with E-state index in [2.05, 4.69) is 10.3 Å². The van der Waals surface area contributed by atoms with E-state index in [1.807, 2.05) is 48.0 Å². The van der Waals surface area contributed by atoms with E-state index in [0.717, 1.165) is 5.56 Å². The second kappa shape index (κ2) is 6.15. The Morgan fingerprint density at radius 3 is 2.84 bits per heavy atom. The average molecular weight is 258 g/mol. The van der Waals surface area contributed by atoms with E-state index in [1.165, 1.54) is 0 Å². The molecule has 0 unspecified atom stereocenters. The Hall–Kier alpha value is -2.14. The number of nitrogens with zero attached hydrogens (tertiary/aromatic N) is 2. The Bertz CT molecular complexity index is 535. The molecule has 0 saturated heterocycles. The van der Waals surface area contributed by atoms with Crippen LogP contribution in [0.4, 0.5) is 5.95 Å². The topological polar surface area (TPSA) is 72.9 Å². The Morgan fingerprint density at radius 2 is 2.16 bits per heavy atom. The first kappa shape index (κ1) is 13.3. The van der Waals surface area contributed by atoms with Crippen LogP contribution >= 0.6 is 0 Å². The molecule has 100 valence electrons. The molecular formula is C14H18N4O. The molecule has 0 spiro atoms. The maximum absolute atomic E-state index is 11.8. The van der Waals surface area contributed by atoms with Gasteiger partial charge in [-0.3, -0.25) is 10.1 Å². The zero-order valence-electron chi connectivity index (χ0n) is 10.9. The minimum atomic E-state index is -0.498. The number of aromatic nitrogens is 2. The maximum atomic E-state index is 11.8. The molecule has 0 fully saturated rings. The number of imidazole rings is 1. The molecule has 0 bridgehead atoms. The second-order valence-electron chi connectivity index (χ2n) is 4.37. The molecule has 2 aromatic rings. The highest BCUT2D eigenvalue weighted by atomic mass is 16.2. The second-order valence-corrected chi connectivity index (χ2v) is 4.37. The van der Waals surface area contributed by atoms with Crippen molar-refractivity contribution in [2.45, 2.75) is 25.9 Å². The van der Waals surface area contributed by atoms with Gasteiger partial charge in [-0.1, -0.05) is 37.3 Å². The molecule has 0 aliphatic rings. The van der Waals surface area contributed by atoms with Crippen molar-refractivity contribution in [1.82, 2.24) is 9.55 Å². The molecule has 0 aliphatic heterocycles. The molecule has 0 saturated carbocycles. The lowest BCUT2D eigenvalue weighted by molar-refractivity contribution is -0.117. The molecule has 0 aliphatic carbocycles. The molecule has 3 N–H and O–H groups in total. The van der Waals surface area contributed by atoms with E-state index in [9.17, 15) is 4.79 Å². The summed E-state index contributed by atoms with van der Waals surface area (Å²) in [5, 5.41) is 2.75. The molecule has 19 heavy (non-hydrogen) atoms. The molecular weight excluding hydrogens is 240 g/mol. The zero-order valence-corrected chi connectivity index (χ0v) is 10.9. The Kier molecular flexibility index (Phi) is 4.30. The van der Waals surface area contributed by atoms with Crippen LogP contribution in [0.25, 0.3) is 0 Å². The predicted molar refractivity (Wildman–Crippen MR) is 74.7 cm³/mol. The monoisotopic (exact) mass is 258 g/mol. The molecule has 1 aromatic heterocycles. The number of nitrogens with two attached hydrogens (primary N) is 1. The molecule has 1 atom stereocenters. The van der Waals surface area contributed by atoms with Gasteiger partial charge in [0.05, 0.1) is 12.6 Å². The van der Waals surface area contributed by atoms with Crippen LogP contribution in [0.3, 0.4) is 0 Å². The van der Waals surface area contributed by atoms with Gasteiger partial charge in [0.15, 0.2) is 0 Å². The third-order valence-corrected chi connectivity index (χ3v) is 2.92. The molecule has 1 amide bonds. The Morgan fingerprint density at radius 1 is 1.42 bits per heavy atom. The van der Waals surface area contributed by atoms with Crippen molar-refractivity contribution < 1.29 is 4.79 Å². The van der Waals surface area contributed by atoms with Crippen molar-refractivity contribution in [3.8, 4) is 0 Å². The highest BCUT2D eigenvalue weighted by Crippen LogP contribution is 2.09. The fourth-order valence-corrected chi connectivity index (χ4v) is 1.73. The van der Waals surface area contributed by atoms with Gasteiger partial charge in [-0.15, -0.1) is 0 Å². The van der Waals surface area contributed by atoms with Gasteiger partial charge < -0.3 is 10.3 Å². The highest BCUT2D eigenvalue weighted by molar-refractivity contribution is 5.93. The standard InChI is InChI=1S/C14H18N4O/c1-2-12(15)13(19)17-14-16-8-9-18(14)10-11-6-4-3-5-7-11/h3-9,12H,2,10,15H2,1H3,(H,16,17,19)/t12-/m0/s1. The van der Waals surface area contributed by atoms with Gasteiger partial charge in [0, 0.05) is 12.4 Å². The van der Waals surface area contributed by atoms with Gasteiger partial charge in [-0.25, -0.2) is 4.98 Å². The summed E-state index contributed by atoms with van der Waals surface area (Å²) >= 11 is 0. The summed E-state index contributed by atoms with van der Waals surface area (Å²) in [5.41, 5.74) is 6.84. The largest absolute Gasteiger partial charge is 0.320 e. The van der Waals surface area contributed by atoms with E-state index in [4.69, 9.17) is 5.73 Å². The van der Waals surface area contributed by atoms with E-state index in [1.54, 1.807) is 6.20 Å². The Labute approximate surface area is 112 Å². The van der Waals surface area contributed by atoms with Gasteiger partial charge in [-0.2, -0.15) is 0 Å². The van der Waals surface area contributed by atoms with Crippen LogP contribution in [-0.2, 0) is 11.3 Å². The number of carbonyl (C=O) groups is 1. The third-order valence-electron chi connectivity index (χ3n) is 2.92. The smallest absolute Gasteiger partial charge is 0.243 e.